The van der Waals surface area contributed by atoms with Crippen molar-refractivity contribution in [2.75, 3.05) is 12.8 Å². The molecule has 1 aliphatic rings. The van der Waals surface area contributed by atoms with Gasteiger partial charge in [-0.25, -0.2) is 0 Å². The van der Waals surface area contributed by atoms with Crippen LogP contribution in [-0.4, -0.2) is 34.2 Å². The molecule has 0 saturated heterocycles. The second-order valence-electron chi connectivity index (χ2n) is 4.94. The van der Waals surface area contributed by atoms with E-state index < -0.39 is 10.8 Å². The molecule has 100 valence electrons. The molecule has 0 bridgehead atoms. The van der Waals surface area contributed by atoms with Crippen molar-refractivity contribution >= 4 is 16.7 Å². The summed E-state index contributed by atoms with van der Waals surface area (Å²) in [6.07, 6.45) is 6.55. The molecule has 4 unspecified atom stereocenters. The number of amides is 1. The first kappa shape index (κ1) is 14.6. The first-order valence-electron chi connectivity index (χ1n) is 6.38. The number of rotatable bonds is 5. The first-order valence-corrected chi connectivity index (χ1v) is 8.00. The highest BCUT2D eigenvalue weighted by atomic mass is 32.2. The molecule has 3 N–H and O–H groups in total. The Kier molecular flexibility index (Phi) is 6.12. The quantitative estimate of drug-likeness (QED) is 0.767. The molecular weight excluding hydrogens is 236 g/mol. The van der Waals surface area contributed by atoms with Crippen molar-refractivity contribution in [2.24, 2.45) is 11.7 Å². The van der Waals surface area contributed by atoms with Gasteiger partial charge in [-0.3, -0.25) is 9.00 Å². The van der Waals surface area contributed by atoms with E-state index in [-0.39, 0.29) is 23.1 Å². The van der Waals surface area contributed by atoms with Crippen molar-refractivity contribution in [3.63, 3.8) is 0 Å². The van der Waals surface area contributed by atoms with E-state index >= 15 is 0 Å². The molecule has 0 heterocycles. The fourth-order valence-electron chi connectivity index (χ4n) is 2.18. The van der Waals surface area contributed by atoms with Crippen molar-refractivity contribution in [1.29, 1.82) is 0 Å². The number of nitrogens with one attached hydrogen (secondary N) is 1. The molecule has 1 amide bonds. The minimum absolute atomic E-state index is 0.0153. The summed E-state index contributed by atoms with van der Waals surface area (Å²) in [6, 6.07) is 0.0153. The Morgan fingerprint density at radius 2 is 2.12 bits per heavy atom. The van der Waals surface area contributed by atoms with E-state index in [1.54, 1.807) is 6.26 Å². The molecule has 1 rings (SSSR count). The molecule has 0 aromatic rings. The zero-order valence-corrected chi connectivity index (χ0v) is 11.6. The van der Waals surface area contributed by atoms with E-state index in [2.05, 4.69) is 5.32 Å². The standard InChI is InChI=1S/C12H24N2O2S/c1-9(17(2)16)7-8-14-12(15)10-5-3-4-6-11(10)13/h9-11H,3-8,13H2,1-2H3,(H,14,15). The molecule has 0 aromatic heterocycles. The summed E-state index contributed by atoms with van der Waals surface area (Å²) in [5.41, 5.74) is 5.95. The van der Waals surface area contributed by atoms with Crippen LogP contribution < -0.4 is 11.1 Å². The maximum Gasteiger partial charge on any atom is 0.224 e. The zero-order chi connectivity index (χ0) is 12.8. The van der Waals surface area contributed by atoms with Crippen molar-refractivity contribution in [2.45, 2.75) is 50.3 Å². The lowest BCUT2D eigenvalue weighted by molar-refractivity contribution is -0.126. The third kappa shape index (κ3) is 4.76. The van der Waals surface area contributed by atoms with Crippen molar-refractivity contribution in [3.05, 3.63) is 0 Å². The summed E-state index contributed by atoms with van der Waals surface area (Å²) in [7, 11) is -0.813. The number of hydrogen-bond acceptors (Lipinski definition) is 3. The van der Waals surface area contributed by atoms with Crippen LogP contribution in [0.5, 0.6) is 0 Å². The summed E-state index contributed by atoms with van der Waals surface area (Å²) in [4.78, 5) is 11.9. The number of hydrogen-bond donors (Lipinski definition) is 2. The first-order chi connectivity index (χ1) is 8.02. The van der Waals surface area contributed by atoms with Gasteiger partial charge in [-0.05, 0) is 19.3 Å². The summed E-state index contributed by atoms with van der Waals surface area (Å²) < 4.78 is 11.2. The molecule has 1 fully saturated rings. The van der Waals surface area contributed by atoms with Gasteiger partial charge in [0, 0.05) is 34.9 Å². The van der Waals surface area contributed by atoms with Crippen LogP contribution in [0.1, 0.15) is 39.0 Å². The van der Waals surface area contributed by atoms with E-state index in [0.29, 0.717) is 6.54 Å². The minimum Gasteiger partial charge on any atom is -0.356 e. The van der Waals surface area contributed by atoms with Crippen LogP contribution in [0, 0.1) is 5.92 Å². The third-order valence-electron chi connectivity index (χ3n) is 3.57. The molecule has 0 aromatic carbocycles. The van der Waals surface area contributed by atoms with Crippen LogP contribution in [0.4, 0.5) is 0 Å². The molecule has 4 nitrogen and oxygen atoms in total. The van der Waals surface area contributed by atoms with Gasteiger partial charge in [0.2, 0.25) is 5.91 Å². The Morgan fingerprint density at radius 1 is 1.47 bits per heavy atom. The van der Waals surface area contributed by atoms with Crippen LogP contribution in [0.3, 0.4) is 0 Å². The van der Waals surface area contributed by atoms with Crippen LogP contribution in [0.25, 0.3) is 0 Å². The maximum atomic E-state index is 11.9. The van der Waals surface area contributed by atoms with E-state index in [4.69, 9.17) is 5.73 Å². The summed E-state index contributed by atoms with van der Waals surface area (Å²) in [5.74, 6) is 0.0532. The summed E-state index contributed by atoms with van der Waals surface area (Å²) in [6.45, 7) is 2.54. The molecule has 1 saturated carbocycles. The molecule has 1 aliphatic carbocycles. The average molecular weight is 260 g/mol. The molecule has 4 atom stereocenters. The predicted molar refractivity (Wildman–Crippen MR) is 71.1 cm³/mol. The maximum absolute atomic E-state index is 11.9. The van der Waals surface area contributed by atoms with Crippen LogP contribution in [0.15, 0.2) is 0 Å². The Balaban J connectivity index is 2.26. The van der Waals surface area contributed by atoms with Gasteiger partial charge in [-0.2, -0.15) is 0 Å². The lowest BCUT2D eigenvalue weighted by Gasteiger charge is -2.27. The largest absolute Gasteiger partial charge is 0.356 e. The number of carbonyl (C=O) groups is 1. The van der Waals surface area contributed by atoms with Gasteiger partial charge < -0.3 is 11.1 Å². The lowest BCUT2D eigenvalue weighted by atomic mass is 9.84. The van der Waals surface area contributed by atoms with Crippen LogP contribution >= 0.6 is 0 Å². The minimum atomic E-state index is -0.813. The predicted octanol–water partition coefficient (Wildman–Crippen LogP) is 0.777. The lowest BCUT2D eigenvalue weighted by Crippen LogP contribution is -2.44. The van der Waals surface area contributed by atoms with Crippen molar-refractivity contribution in [3.8, 4) is 0 Å². The topological polar surface area (TPSA) is 72.2 Å². The molecule has 0 spiro atoms. The highest BCUT2D eigenvalue weighted by Gasteiger charge is 2.27. The molecule has 17 heavy (non-hydrogen) atoms. The van der Waals surface area contributed by atoms with Gasteiger partial charge in [0.05, 0.1) is 5.92 Å². The third-order valence-corrected chi connectivity index (χ3v) is 4.94. The zero-order valence-electron chi connectivity index (χ0n) is 10.8. The number of carbonyl (C=O) groups excluding carboxylic acids is 1. The summed E-state index contributed by atoms with van der Waals surface area (Å²) >= 11 is 0. The van der Waals surface area contributed by atoms with Crippen LogP contribution in [-0.2, 0) is 15.6 Å². The second kappa shape index (κ2) is 7.11. The fourth-order valence-corrected chi connectivity index (χ4v) is 2.63. The Morgan fingerprint density at radius 3 is 2.71 bits per heavy atom. The van der Waals surface area contributed by atoms with Gasteiger partial charge in [0.15, 0.2) is 0 Å². The van der Waals surface area contributed by atoms with Crippen LogP contribution in [0.2, 0.25) is 0 Å². The average Bonchev–Trinajstić information content (AvgIpc) is 2.29. The molecule has 5 heteroatoms. The van der Waals surface area contributed by atoms with Gasteiger partial charge in [0.1, 0.15) is 0 Å². The van der Waals surface area contributed by atoms with Gasteiger partial charge >= 0.3 is 0 Å². The summed E-state index contributed by atoms with van der Waals surface area (Å²) in [5, 5.41) is 3.05. The monoisotopic (exact) mass is 260 g/mol. The normalized spacial score (nSPS) is 28.4. The van der Waals surface area contributed by atoms with E-state index in [0.717, 1.165) is 32.1 Å². The Hall–Kier alpha value is -0.420. The van der Waals surface area contributed by atoms with E-state index in [1.807, 2.05) is 6.92 Å². The van der Waals surface area contributed by atoms with Crippen molar-refractivity contribution < 1.29 is 9.00 Å². The van der Waals surface area contributed by atoms with Gasteiger partial charge in [-0.15, -0.1) is 0 Å². The van der Waals surface area contributed by atoms with Gasteiger partial charge in [0.25, 0.3) is 0 Å². The number of nitrogens with two attached hydrogens (primary N) is 1. The second-order valence-corrected chi connectivity index (χ2v) is 6.75. The molecule has 0 aliphatic heterocycles. The van der Waals surface area contributed by atoms with Crippen molar-refractivity contribution in [1.82, 2.24) is 5.32 Å². The highest BCUT2D eigenvalue weighted by molar-refractivity contribution is 7.84. The van der Waals surface area contributed by atoms with Gasteiger partial charge in [-0.1, -0.05) is 19.8 Å². The molecular formula is C12H24N2O2S. The van der Waals surface area contributed by atoms with E-state index in [1.165, 1.54) is 0 Å². The highest BCUT2D eigenvalue weighted by Crippen LogP contribution is 2.22. The molecule has 0 radical (unpaired) electrons. The smallest absolute Gasteiger partial charge is 0.224 e. The van der Waals surface area contributed by atoms with E-state index in [9.17, 15) is 9.00 Å². The fraction of sp³-hybridized carbons (Fsp3) is 0.917. The Bertz CT molecular complexity index is 284. The Labute approximate surface area is 106 Å². The SMILES string of the molecule is CC(CCNC(=O)C1CCCCC1N)S(C)=O.